The summed E-state index contributed by atoms with van der Waals surface area (Å²) in [5.41, 5.74) is 1.26. The first-order valence-corrected chi connectivity index (χ1v) is 9.64. The summed E-state index contributed by atoms with van der Waals surface area (Å²) in [5.74, 6) is 0.0872. The van der Waals surface area contributed by atoms with Crippen LogP contribution in [0.5, 0.6) is 5.75 Å². The normalized spacial score (nSPS) is 12.5. The molecule has 0 aliphatic rings. The second-order valence-electron chi connectivity index (χ2n) is 6.76. The molecule has 0 atom stereocenters. The largest absolute Gasteiger partial charge is 0.496 e. The molecule has 7 heteroatoms. The van der Waals surface area contributed by atoms with E-state index in [9.17, 15) is 4.79 Å². The Morgan fingerprint density at radius 2 is 2.08 bits per heavy atom. The summed E-state index contributed by atoms with van der Waals surface area (Å²) < 4.78 is 13.5. The van der Waals surface area contributed by atoms with Crippen LogP contribution >= 0.6 is 23.1 Å². The van der Waals surface area contributed by atoms with Crippen molar-refractivity contribution in [1.29, 1.82) is 0 Å². The van der Waals surface area contributed by atoms with E-state index < -0.39 is 0 Å². The summed E-state index contributed by atoms with van der Waals surface area (Å²) in [4.78, 5) is 17.1. The highest BCUT2D eigenvalue weighted by molar-refractivity contribution is 7.04. The van der Waals surface area contributed by atoms with Gasteiger partial charge in [0.05, 0.1) is 19.3 Å². The number of methoxy groups -OCH3 is 1. The zero-order valence-electron chi connectivity index (χ0n) is 15.8. The van der Waals surface area contributed by atoms with Gasteiger partial charge in [0.25, 0.3) is 5.91 Å². The molecule has 0 unspecified atom stereocenters. The Morgan fingerprint density at radius 1 is 1.35 bits per heavy atom. The average molecular weight is 397 g/mol. The number of aromatic nitrogens is 1. The maximum atomic E-state index is 12.7. The van der Waals surface area contributed by atoms with E-state index in [4.69, 9.17) is 21.1 Å². The minimum absolute atomic E-state index is 0.0877. The van der Waals surface area contributed by atoms with Crippen LogP contribution in [0.4, 0.5) is 0 Å². The first kappa shape index (κ1) is 20.7. The number of hydrogen-bond donors (Lipinski definition) is 0. The van der Waals surface area contributed by atoms with Crippen LogP contribution in [-0.4, -0.2) is 30.2 Å². The molecule has 1 heterocycles. The van der Waals surface area contributed by atoms with Crippen LogP contribution in [0.25, 0.3) is 0 Å². The standard InChI is InChI=1S/C19H25ClN2O3S/c1-6-25-10-9-13-12-22(19(2,3)4)26-18(13)21-17(23)15-11-14(20)7-8-16(15)24-5/h7-8,11-12H,6,9-10H2,1-5H3. The van der Waals surface area contributed by atoms with E-state index in [1.807, 2.05) is 13.1 Å². The van der Waals surface area contributed by atoms with Gasteiger partial charge in [-0.1, -0.05) is 11.6 Å². The lowest BCUT2D eigenvalue weighted by Crippen LogP contribution is -2.18. The average Bonchev–Trinajstić information content (AvgIpc) is 2.98. The monoisotopic (exact) mass is 396 g/mol. The van der Waals surface area contributed by atoms with Crippen molar-refractivity contribution < 1.29 is 14.3 Å². The third-order valence-corrected chi connectivity index (χ3v) is 5.32. The minimum atomic E-state index is -0.370. The molecule has 0 aliphatic heterocycles. The second kappa shape index (κ2) is 8.84. The Kier molecular flexibility index (Phi) is 7.03. The molecular formula is C19H25ClN2O3S. The van der Waals surface area contributed by atoms with Crippen molar-refractivity contribution in [2.75, 3.05) is 20.3 Å². The first-order valence-electron chi connectivity index (χ1n) is 8.49. The number of rotatable bonds is 6. The lowest BCUT2D eigenvalue weighted by Gasteiger charge is -2.19. The van der Waals surface area contributed by atoms with Gasteiger partial charge < -0.3 is 9.47 Å². The number of amides is 1. The van der Waals surface area contributed by atoms with Gasteiger partial charge in [-0.25, -0.2) is 0 Å². The zero-order valence-corrected chi connectivity index (χ0v) is 17.4. The number of nitrogens with zero attached hydrogens (tertiary/aromatic N) is 2. The topological polar surface area (TPSA) is 52.8 Å². The van der Waals surface area contributed by atoms with Crippen molar-refractivity contribution in [2.24, 2.45) is 4.99 Å². The molecule has 2 aromatic rings. The molecule has 1 aromatic carbocycles. The van der Waals surface area contributed by atoms with Crippen LogP contribution in [0.2, 0.25) is 5.02 Å². The van der Waals surface area contributed by atoms with Crippen LogP contribution < -0.4 is 9.41 Å². The lowest BCUT2D eigenvalue weighted by atomic mass is 10.1. The Hall–Kier alpha value is -1.63. The quantitative estimate of drug-likeness (QED) is 0.684. The molecule has 142 valence electrons. The number of hydrogen-bond acceptors (Lipinski definition) is 4. The van der Waals surface area contributed by atoms with E-state index in [0.29, 0.717) is 40.6 Å². The highest BCUT2D eigenvalue weighted by atomic mass is 35.5. The number of benzene rings is 1. The fourth-order valence-electron chi connectivity index (χ4n) is 2.30. The van der Waals surface area contributed by atoms with Crippen molar-refractivity contribution in [2.45, 2.75) is 39.7 Å². The van der Waals surface area contributed by atoms with Crippen LogP contribution in [0.3, 0.4) is 0 Å². The molecule has 0 saturated carbocycles. The highest BCUT2D eigenvalue weighted by Gasteiger charge is 2.17. The van der Waals surface area contributed by atoms with Crippen molar-refractivity contribution in [3.8, 4) is 5.75 Å². The summed E-state index contributed by atoms with van der Waals surface area (Å²) in [5, 5.41) is 0.469. The molecule has 2 rings (SSSR count). The Labute approximate surface area is 163 Å². The van der Waals surface area contributed by atoms with E-state index in [-0.39, 0.29) is 11.4 Å². The molecule has 0 bridgehead atoms. The molecule has 0 radical (unpaired) electrons. The number of carbonyl (C=O) groups excluding carboxylic acids is 1. The van der Waals surface area contributed by atoms with Crippen molar-refractivity contribution in [3.63, 3.8) is 0 Å². The lowest BCUT2D eigenvalue weighted by molar-refractivity contribution is 0.0995. The fraction of sp³-hybridized carbons (Fsp3) is 0.474. The molecule has 0 aliphatic carbocycles. The third kappa shape index (κ3) is 5.19. The van der Waals surface area contributed by atoms with Gasteiger partial charge in [0.2, 0.25) is 0 Å². The van der Waals surface area contributed by atoms with Crippen molar-refractivity contribution in [1.82, 2.24) is 3.96 Å². The number of halogens is 1. The zero-order chi connectivity index (χ0) is 19.3. The predicted molar refractivity (Wildman–Crippen MR) is 105 cm³/mol. The Bertz CT molecular complexity index is 834. The van der Waals surface area contributed by atoms with Gasteiger partial charge in [-0.05, 0) is 57.4 Å². The van der Waals surface area contributed by atoms with Gasteiger partial charge in [-0.3, -0.25) is 8.75 Å². The maximum absolute atomic E-state index is 12.7. The third-order valence-electron chi connectivity index (χ3n) is 3.71. The molecule has 1 amide bonds. The van der Waals surface area contributed by atoms with E-state index in [1.165, 1.54) is 18.6 Å². The predicted octanol–water partition coefficient (Wildman–Crippen LogP) is 4.29. The summed E-state index contributed by atoms with van der Waals surface area (Å²) in [6.07, 6.45) is 2.75. The van der Waals surface area contributed by atoms with E-state index in [2.05, 4.69) is 29.7 Å². The number of ether oxygens (including phenoxy) is 2. The molecule has 0 N–H and O–H groups in total. The van der Waals surface area contributed by atoms with Gasteiger partial charge in [-0.2, -0.15) is 4.99 Å². The fourth-order valence-corrected chi connectivity index (χ4v) is 3.50. The van der Waals surface area contributed by atoms with Gasteiger partial charge in [0.1, 0.15) is 10.4 Å². The van der Waals surface area contributed by atoms with Gasteiger partial charge in [0, 0.05) is 35.3 Å². The molecule has 0 fully saturated rings. The van der Waals surface area contributed by atoms with Gasteiger partial charge >= 0.3 is 0 Å². The van der Waals surface area contributed by atoms with Gasteiger partial charge in [-0.15, -0.1) is 0 Å². The number of carbonyl (C=O) groups is 1. The Morgan fingerprint density at radius 3 is 2.69 bits per heavy atom. The second-order valence-corrected chi connectivity index (χ2v) is 8.15. The van der Waals surface area contributed by atoms with E-state index >= 15 is 0 Å². The van der Waals surface area contributed by atoms with Crippen LogP contribution in [0.1, 0.15) is 43.6 Å². The summed E-state index contributed by atoms with van der Waals surface area (Å²) in [6.45, 7) is 9.55. The smallest absolute Gasteiger partial charge is 0.282 e. The molecule has 5 nitrogen and oxygen atoms in total. The van der Waals surface area contributed by atoms with E-state index in [1.54, 1.807) is 18.2 Å². The SMILES string of the molecule is CCOCCc1cn(C(C)(C)C)sc1=NC(=O)c1cc(Cl)ccc1OC. The van der Waals surface area contributed by atoms with E-state index in [0.717, 1.165) is 5.56 Å². The van der Waals surface area contributed by atoms with Crippen LogP contribution in [0.15, 0.2) is 29.4 Å². The molecule has 1 aromatic heterocycles. The van der Waals surface area contributed by atoms with Crippen LogP contribution in [0, 0.1) is 0 Å². The maximum Gasteiger partial charge on any atom is 0.282 e. The summed E-state index contributed by atoms with van der Waals surface area (Å²) in [6, 6.07) is 4.94. The Balaban J connectivity index is 2.46. The first-order chi connectivity index (χ1) is 12.3. The minimum Gasteiger partial charge on any atom is -0.496 e. The molecule has 0 saturated heterocycles. The molecular weight excluding hydrogens is 372 g/mol. The molecule has 0 spiro atoms. The highest BCUT2D eigenvalue weighted by Crippen LogP contribution is 2.23. The van der Waals surface area contributed by atoms with Gasteiger partial charge in [0.15, 0.2) is 0 Å². The van der Waals surface area contributed by atoms with Crippen molar-refractivity contribution >= 4 is 29.0 Å². The van der Waals surface area contributed by atoms with Crippen LogP contribution in [-0.2, 0) is 16.7 Å². The summed E-state index contributed by atoms with van der Waals surface area (Å²) in [7, 11) is 1.52. The summed E-state index contributed by atoms with van der Waals surface area (Å²) >= 11 is 7.50. The molecule has 26 heavy (non-hydrogen) atoms. The van der Waals surface area contributed by atoms with Crippen molar-refractivity contribution in [3.05, 3.63) is 45.2 Å².